The molecule has 0 nitrogen and oxygen atoms in total. The van der Waals surface area contributed by atoms with Crippen LogP contribution in [0.25, 0.3) is 12.2 Å². The minimum absolute atomic E-state index is 0.426. The molecule has 0 bridgehead atoms. The van der Waals surface area contributed by atoms with Crippen molar-refractivity contribution in [2.75, 3.05) is 0 Å². The Morgan fingerprint density at radius 1 is 0.704 bits per heavy atom. The van der Waals surface area contributed by atoms with Crippen LogP contribution >= 0.6 is 17.0 Å². The second-order valence-electron chi connectivity index (χ2n) is 7.15. The van der Waals surface area contributed by atoms with Crippen molar-refractivity contribution in [3.05, 3.63) is 107 Å². The van der Waals surface area contributed by atoms with Crippen LogP contribution < -0.4 is 0 Å². The van der Waals surface area contributed by atoms with Gasteiger partial charge >= 0.3 is 174 Å². The fourth-order valence-corrected chi connectivity index (χ4v) is 17.7. The Kier molecular flexibility index (Phi) is 5.00. The van der Waals surface area contributed by atoms with Gasteiger partial charge in [0.15, 0.2) is 0 Å². The van der Waals surface area contributed by atoms with Gasteiger partial charge in [-0.15, -0.1) is 0 Å². The van der Waals surface area contributed by atoms with Crippen LogP contribution in [0.15, 0.2) is 85.0 Å². The molecule has 0 N–H and O–H groups in total. The molecular formula is C24H22Cl2Zr. The van der Waals surface area contributed by atoms with E-state index in [-0.39, 0.29) is 0 Å². The molecule has 2 aromatic carbocycles. The first kappa shape index (κ1) is 19.2. The molecule has 0 amide bonds. The van der Waals surface area contributed by atoms with E-state index in [0.29, 0.717) is 0 Å². The maximum atomic E-state index is 7.65. The van der Waals surface area contributed by atoms with E-state index >= 15 is 0 Å². The Labute approximate surface area is 173 Å². The molecular weight excluding hydrogens is 450 g/mol. The Bertz CT molecular complexity index is 919. The fourth-order valence-electron chi connectivity index (χ4n) is 4.58. The summed E-state index contributed by atoms with van der Waals surface area (Å²) in [4.78, 5) is 0. The van der Waals surface area contributed by atoms with E-state index in [1.807, 2.05) is 13.8 Å². The molecule has 2 atom stereocenters. The Morgan fingerprint density at radius 3 is 1.52 bits per heavy atom. The second kappa shape index (κ2) is 7.03. The summed E-state index contributed by atoms with van der Waals surface area (Å²) >= 11 is -4.07. The number of hydrogen-bond donors (Lipinski definition) is 0. The third kappa shape index (κ3) is 2.59. The summed E-state index contributed by atoms with van der Waals surface area (Å²) in [5.74, 6) is 0. The molecule has 2 unspecified atom stereocenters. The number of allylic oxidation sites excluding steroid dienone is 6. The van der Waals surface area contributed by atoms with Gasteiger partial charge in [-0.3, -0.25) is 0 Å². The number of hydrogen-bond acceptors (Lipinski definition) is 0. The minimum atomic E-state index is -4.07. The van der Waals surface area contributed by atoms with Gasteiger partial charge in [-0.1, -0.05) is 0 Å². The molecule has 3 heteroatoms. The topological polar surface area (TPSA) is 0 Å². The van der Waals surface area contributed by atoms with Gasteiger partial charge < -0.3 is 0 Å². The maximum absolute atomic E-state index is 7.65. The van der Waals surface area contributed by atoms with E-state index < -0.39 is 24.1 Å². The zero-order chi connectivity index (χ0) is 19.1. The molecule has 0 aromatic heterocycles. The molecule has 0 fully saturated rings. The van der Waals surface area contributed by atoms with Crippen molar-refractivity contribution in [3.8, 4) is 0 Å². The predicted octanol–water partition coefficient (Wildman–Crippen LogP) is 7.44. The van der Waals surface area contributed by atoms with Crippen molar-refractivity contribution in [1.82, 2.24) is 0 Å². The average molecular weight is 473 g/mol. The summed E-state index contributed by atoms with van der Waals surface area (Å²) < 4.78 is -0.852. The van der Waals surface area contributed by atoms with Crippen LogP contribution in [-0.2, 0) is 24.1 Å². The van der Waals surface area contributed by atoms with Crippen molar-refractivity contribution in [2.45, 2.75) is 20.1 Å². The Hall–Kier alpha value is -1.14. The van der Waals surface area contributed by atoms with Gasteiger partial charge in [0.1, 0.15) is 0 Å². The number of fused-ring (bicyclic) bond motifs is 2. The van der Waals surface area contributed by atoms with Crippen LogP contribution in [0.4, 0.5) is 0 Å². The summed E-state index contributed by atoms with van der Waals surface area (Å²) in [6.07, 6.45) is 17.5. The fraction of sp³-hybridized carbons (Fsp3) is 0.167. The SMILES string of the molecule is CC=C[C]1([Zr]([Cl])([Cl])[C]2(C=CC)C=Cc3ccccc32)C=Cc2ccccc21. The molecule has 0 spiro atoms. The molecule has 2 aromatic rings. The van der Waals surface area contributed by atoms with Gasteiger partial charge in [0.25, 0.3) is 0 Å². The Morgan fingerprint density at radius 2 is 1.11 bits per heavy atom. The summed E-state index contributed by atoms with van der Waals surface area (Å²) in [6.45, 7) is 4.10. The molecule has 0 saturated heterocycles. The summed E-state index contributed by atoms with van der Waals surface area (Å²) in [6, 6.07) is 17.0. The van der Waals surface area contributed by atoms with Crippen molar-refractivity contribution >= 4 is 29.2 Å². The molecule has 4 rings (SSSR count). The third-order valence-corrected chi connectivity index (χ3v) is 21.2. The average Bonchev–Trinajstić information content (AvgIpc) is 3.24. The molecule has 2 aliphatic rings. The van der Waals surface area contributed by atoms with Crippen molar-refractivity contribution in [2.24, 2.45) is 0 Å². The van der Waals surface area contributed by atoms with Crippen molar-refractivity contribution < 1.29 is 17.9 Å². The van der Waals surface area contributed by atoms with Crippen LogP contribution in [-0.4, -0.2) is 0 Å². The molecule has 2 aliphatic carbocycles. The monoisotopic (exact) mass is 470 g/mol. The first-order valence-electron chi connectivity index (χ1n) is 9.25. The molecule has 136 valence electrons. The van der Waals surface area contributed by atoms with E-state index in [4.69, 9.17) is 17.0 Å². The number of rotatable bonds is 4. The summed E-state index contributed by atoms with van der Waals surface area (Å²) in [5.41, 5.74) is 4.88. The van der Waals surface area contributed by atoms with E-state index in [9.17, 15) is 0 Å². The van der Waals surface area contributed by atoms with Crippen molar-refractivity contribution in [3.63, 3.8) is 0 Å². The Balaban J connectivity index is 2.02. The van der Waals surface area contributed by atoms with Crippen LogP contribution in [0.5, 0.6) is 0 Å². The number of halogens is 2. The number of benzene rings is 2. The standard InChI is InChI=1S/2C12H11.2ClH.Zr/c2*1-2-5-10-8-9-11-6-3-4-7-12(10)11;;;/h2*2-9H,1H3;2*1H;/q;;;;+2/p-2. The first-order valence-corrected chi connectivity index (χ1v) is 18.0. The molecule has 0 heterocycles. The van der Waals surface area contributed by atoms with E-state index in [1.165, 1.54) is 22.3 Å². The quantitative estimate of drug-likeness (QED) is 0.406. The van der Waals surface area contributed by atoms with E-state index in [0.717, 1.165) is 0 Å². The normalized spacial score (nSPS) is 26.2. The van der Waals surface area contributed by atoms with Gasteiger partial charge in [-0.25, -0.2) is 0 Å². The van der Waals surface area contributed by atoms with Gasteiger partial charge in [0.2, 0.25) is 0 Å². The van der Waals surface area contributed by atoms with Crippen LogP contribution in [0.1, 0.15) is 36.1 Å². The van der Waals surface area contributed by atoms with Crippen LogP contribution in [0.2, 0.25) is 0 Å². The first-order chi connectivity index (χ1) is 13.0. The van der Waals surface area contributed by atoms with Crippen molar-refractivity contribution in [1.29, 1.82) is 0 Å². The summed E-state index contributed by atoms with van der Waals surface area (Å²) in [5, 5.41) is 0. The zero-order valence-electron chi connectivity index (χ0n) is 15.5. The molecule has 27 heavy (non-hydrogen) atoms. The molecule has 0 aliphatic heterocycles. The van der Waals surface area contributed by atoms with Crippen LogP contribution in [0.3, 0.4) is 0 Å². The van der Waals surface area contributed by atoms with Gasteiger partial charge in [-0.05, 0) is 0 Å². The second-order valence-corrected chi connectivity index (χ2v) is 21.9. The van der Waals surface area contributed by atoms with Crippen LogP contribution in [0, 0.1) is 0 Å². The van der Waals surface area contributed by atoms with E-state index in [1.54, 1.807) is 0 Å². The zero-order valence-corrected chi connectivity index (χ0v) is 19.5. The van der Waals surface area contributed by atoms with Gasteiger partial charge in [0, 0.05) is 0 Å². The van der Waals surface area contributed by atoms with Gasteiger partial charge in [-0.2, -0.15) is 0 Å². The predicted molar refractivity (Wildman–Crippen MR) is 116 cm³/mol. The summed E-state index contributed by atoms with van der Waals surface area (Å²) in [7, 11) is 15.3. The third-order valence-electron chi connectivity index (χ3n) is 5.76. The molecule has 0 radical (unpaired) electrons. The van der Waals surface area contributed by atoms with Gasteiger partial charge in [0.05, 0.1) is 0 Å². The van der Waals surface area contributed by atoms with E-state index in [2.05, 4.69) is 97.1 Å². The molecule has 0 saturated carbocycles.